The summed E-state index contributed by atoms with van der Waals surface area (Å²) in [5.74, 6) is 1.34. The number of hydrogen-bond donors (Lipinski definition) is 1. The number of piperidine rings is 1. The zero-order valence-corrected chi connectivity index (χ0v) is 13.5. The van der Waals surface area contributed by atoms with E-state index in [1.54, 1.807) is 0 Å². The highest BCUT2D eigenvalue weighted by Gasteiger charge is 2.21. The van der Waals surface area contributed by atoms with E-state index in [1.807, 2.05) is 18.2 Å². The molecule has 0 bridgehead atoms. The van der Waals surface area contributed by atoms with Crippen LogP contribution < -0.4 is 5.32 Å². The van der Waals surface area contributed by atoms with Gasteiger partial charge >= 0.3 is 0 Å². The summed E-state index contributed by atoms with van der Waals surface area (Å²) in [5.41, 5.74) is 1.19. The largest absolute Gasteiger partial charge is 0.348 e. The number of nitrogens with one attached hydrogen (secondary N) is 1. The van der Waals surface area contributed by atoms with Gasteiger partial charge in [0.25, 0.3) is 0 Å². The van der Waals surface area contributed by atoms with E-state index < -0.39 is 0 Å². The molecule has 3 nitrogen and oxygen atoms in total. The lowest BCUT2D eigenvalue weighted by atomic mass is 9.96. The topological polar surface area (TPSA) is 32.3 Å². The van der Waals surface area contributed by atoms with Crippen LogP contribution in [0.5, 0.6) is 0 Å². The van der Waals surface area contributed by atoms with Gasteiger partial charge in [0, 0.05) is 0 Å². The fraction of sp³-hybridized carbons (Fsp3) is 0.611. The van der Waals surface area contributed by atoms with Gasteiger partial charge in [-0.25, -0.2) is 0 Å². The first-order chi connectivity index (χ1) is 10.1. The Balaban J connectivity index is 1.90. The molecular formula is C18H28N2O. The molecule has 1 N–H and O–H groups in total. The van der Waals surface area contributed by atoms with E-state index in [2.05, 4.69) is 43.1 Å². The number of nitrogens with zero attached hydrogens (tertiary/aromatic N) is 1. The minimum absolute atomic E-state index is 0.0995. The zero-order valence-electron chi connectivity index (χ0n) is 13.5. The van der Waals surface area contributed by atoms with E-state index in [-0.39, 0.29) is 11.9 Å². The summed E-state index contributed by atoms with van der Waals surface area (Å²) >= 11 is 0. The summed E-state index contributed by atoms with van der Waals surface area (Å²) in [6.45, 7) is 9.23. The molecule has 1 aromatic rings. The van der Waals surface area contributed by atoms with Crippen LogP contribution in [-0.2, 0) is 4.79 Å². The fourth-order valence-corrected chi connectivity index (χ4v) is 2.94. The van der Waals surface area contributed by atoms with Crippen molar-refractivity contribution >= 4 is 5.91 Å². The molecule has 2 rings (SSSR count). The predicted molar refractivity (Wildman–Crippen MR) is 87.0 cm³/mol. The highest BCUT2D eigenvalue weighted by Crippen LogP contribution is 2.21. The van der Waals surface area contributed by atoms with Crippen LogP contribution in [0.25, 0.3) is 0 Å². The standard InChI is InChI=1S/C18H28N2O/c1-14(2)18(16-7-5-4-6-8-16)19-17(21)13-20-11-9-15(3)10-12-20/h4-8,14-15,18H,9-13H2,1-3H3,(H,19,21). The van der Waals surface area contributed by atoms with Gasteiger partial charge in [-0.3, -0.25) is 9.69 Å². The van der Waals surface area contributed by atoms with Gasteiger partial charge in [-0.1, -0.05) is 51.1 Å². The van der Waals surface area contributed by atoms with Gasteiger partial charge < -0.3 is 5.32 Å². The van der Waals surface area contributed by atoms with Crippen molar-refractivity contribution in [1.82, 2.24) is 10.2 Å². The lowest BCUT2D eigenvalue weighted by Gasteiger charge is -2.30. The van der Waals surface area contributed by atoms with Gasteiger partial charge in [-0.15, -0.1) is 0 Å². The van der Waals surface area contributed by atoms with Crippen LogP contribution in [0.3, 0.4) is 0 Å². The lowest BCUT2D eigenvalue weighted by molar-refractivity contribution is -0.123. The molecule has 1 unspecified atom stereocenters. The number of likely N-dealkylation sites (tertiary alicyclic amines) is 1. The van der Waals surface area contributed by atoms with E-state index in [1.165, 1.54) is 18.4 Å². The van der Waals surface area contributed by atoms with Crippen LogP contribution in [-0.4, -0.2) is 30.4 Å². The Morgan fingerprint density at radius 1 is 1.24 bits per heavy atom. The van der Waals surface area contributed by atoms with Gasteiger partial charge in [0.05, 0.1) is 12.6 Å². The molecule has 0 aliphatic carbocycles. The minimum Gasteiger partial charge on any atom is -0.348 e. The highest BCUT2D eigenvalue weighted by molar-refractivity contribution is 5.78. The van der Waals surface area contributed by atoms with E-state index in [4.69, 9.17) is 0 Å². The second kappa shape index (κ2) is 7.60. The quantitative estimate of drug-likeness (QED) is 0.902. The van der Waals surface area contributed by atoms with Crippen molar-refractivity contribution < 1.29 is 4.79 Å². The Morgan fingerprint density at radius 3 is 2.43 bits per heavy atom. The molecule has 21 heavy (non-hydrogen) atoms. The van der Waals surface area contributed by atoms with Gasteiger partial charge in [-0.2, -0.15) is 0 Å². The lowest BCUT2D eigenvalue weighted by Crippen LogP contribution is -2.43. The summed E-state index contributed by atoms with van der Waals surface area (Å²) in [7, 11) is 0. The van der Waals surface area contributed by atoms with Gasteiger partial charge in [0.1, 0.15) is 0 Å². The first-order valence-corrected chi connectivity index (χ1v) is 8.13. The summed E-state index contributed by atoms with van der Waals surface area (Å²) in [4.78, 5) is 14.6. The molecule has 1 atom stereocenters. The number of rotatable bonds is 5. The van der Waals surface area contributed by atoms with Crippen LogP contribution in [0, 0.1) is 11.8 Å². The molecule has 1 aliphatic heterocycles. The molecule has 0 spiro atoms. The molecule has 1 fully saturated rings. The number of amides is 1. The summed E-state index contributed by atoms with van der Waals surface area (Å²) < 4.78 is 0. The van der Waals surface area contributed by atoms with Crippen molar-refractivity contribution in [3.63, 3.8) is 0 Å². The van der Waals surface area contributed by atoms with E-state index in [0.717, 1.165) is 19.0 Å². The van der Waals surface area contributed by atoms with E-state index in [9.17, 15) is 4.79 Å². The van der Waals surface area contributed by atoms with Crippen LogP contribution in [0.1, 0.15) is 45.2 Å². The number of hydrogen-bond acceptors (Lipinski definition) is 2. The van der Waals surface area contributed by atoms with Crippen LogP contribution in [0.2, 0.25) is 0 Å². The van der Waals surface area contributed by atoms with Crippen molar-refractivity contribution in [2.24, 2.45) is 11.8 Å². The number of carbonyl (C=O) groups excluding carboxylic acids is 1. The second-order valence-corrected chi connectivity index (χ2v) is 6.66. The molecule has 116 valence electrons. The number of benzene rings is 1. The maximum absolute atomic E-state index is 12.3. The smallest absolute Gasteiger partial charge is 0.234 e. The Hall–Kier alpha value is -1.35. The molecule has 0 radical (unpaired) electrons. The Morgan fingerprint density at radius 2 is 1.86 bits per heavy atom. The molecule has 3 heteroatoms. The third-order valence-corrected chi connectivity index (χ3v) is 4.39. The summed E-state index contributed by atoms with van der Waals surface area (Å²) in [6, 6.07) is 10.4. The van der Waals surface area contributed by atoms with Crippen LogP contribution in [0.4, 0.5) is 0 Å². The van der Waals surface area contributed by atoms with E-state index in [0.29, 0.717) is 12.5 Å². The first kappa shape index (κ1) is 16.0. The first-order valence-electron chi connectivity index (χ1n) is 8.13. The van der Waals surface area contributed by atoms with Crippen LogP contribution >= 0.6 is 0 Å². The molecule has 1 aliphatic rings. The average Bonchev–Trinajstić information content (AvgIpc) is 2.48. The summed E-state index contributed by atoms with van der Waals surface area (Å²) in [6.07, 6.45) is 2.42. The Labute approximate surface area is 128 Å². The van der Waals surface area contributed by atoms with Crippen molar-refractivity contribution in [2.45, 2.75) is 39.7 Å². The molecule has 0 aromatic heterocycles. The van der Waals surface area contributed by atoms with Crippen molar-refractivity contribution in [3.05, 3.63) is 35.9 Å². The SMILES string of the molecule is CC1CCN(CC(=O)NC(c2ccccc2)C(C)C)CC1. The zero-order chi connectivity index (χ0) is 15.2. The second-order valence-electron chi connectivity index (χ2n) is 6.66. The van der Waals surface area contributed by atoms with Crippen molar-refractivity contribution in [3.8, 4) is 0 Å². The van der Waals surface area contributed by atoms with E-state index >= 15 is 0 Å². The molecule has 1 heterocycles. The highest BCUT2D eigenvalue weighted by atomic mass is 16.2. The van der Waals surface area contributed by atoms with Crippen LogP contribution in [0.15, 0.2) is 30.3 Å². The number of carbonyl (C=O) groups is 1. The van der Waals surface area contributed by atoms with Gasteiger partial charge in [0.2, 0.25) is 5.91 Å². The molecule has 1 amide bonds. The normalized spacial score (nSPS) is 18.7. The average molecular weight is 288 g/mol. The summed E-state index contributed by atoms with van der Waals surface area (Å²) in [5, 5.41) is 3.21. The molecular weight excluding hydrogens is 260 g/mol. The third kappa shape index (κ3) is 4.85. The maximum atomic E-state index is 12.3. The minimum atomic E-state index is 0.0995. The van der Waals surface area contributed by atoms with Gasteiger partial charge in [-0.05, 0) is 43.3 Å². The Kier molecular flexibility index (Phi) is 5.80. The fourth-order valence-electron chi connectivity index (χ4n) is 2.94. The predicted octanol–water partition coefficient (Wildman–Crippen LogP) is 3.23. The Bertz CT molecular complexity index is 436. The third-order valence-electron chi connectivity index (χ3n) is 4.39. The van der Waals surface area contributed by atoms with Crippen molar-refractivity contribution in [2.75, 3.05) is 19.6 Å². The monoisotopic (exact) mass is 288 g/mol. The maximum Gasteiger partial charge on any atom is 0.234 e. The molecule has 1 aromatic carbocycles. The van der Waals surface area contributed by atoms with Crippen molar-refractivity contribution in [1.29, 1.82) is 0 Å². The molecule has 0 saturated carbocycles. The van der Waals surface area contributed by atoms with Gasteiger partial charge in [0.15, 0.2) is 0 Å². The molecule has 1 saturated heterocycles.